The molecule has 3 rings (SSSR count). The van der Waals surface area contributed by atoms with Crippen LogP contribution in [-0.4, -0.2) is 72.8 Å². The van der Waals surface area contributed by atoms with E-state index in [2.05, 4.69) is 10.3 Å². The second-order valence-electron chi connectivity index (χ2n) is 8.92. The molecule has 2 heterocycles. The number of aromatic nitrogens is 1. The molecule has 2 amide bonds. The summed E-state index contributed by atoms with van der Waals surface area (Å²) in [4.78, 5) is 42.0. The fourth-order valence-corrected chi connectivity index (χ4v) is 5.88. The number of ether oxygens (including phenoxy) is 1. The molecule has 2 N–H and O–H groups in total. The number of hydrogen-bond donors (Lipinski definition) is 2. The van der Waals surface area contributed by atoms with Crippen molar-refractivity contribution in [2.45, 2.75) is 45.7 Å². The number of sulfone groups is 1. The molecule has 33 heavy (non-hydrogen) atoms. The van der Waals surface area contributed by atoms with E-state index in [0.717, 1.165) is 16.5 Å². The Balaban J connectivity index is 1.68. The summed E-state index contributed by atoms with van der Waals surface area (Å²) in [6.45, 7) is 5.05. The van der Waals surface area contributed by atoms with Crippen LogP contribution in [0.3, 0.4) is 0 Å². The van der Waals surface area contributed by atoms with E-state index in [-0.39, 0.29) is 29.8 Å². The number of H-pyrrole nitrogens is 1. The molecule has 1 aromatic carbocycles. The number of carbonyl (C=O) groups excluding carboxylic acids is 3. The van der Waals surface area contributed by atoms with Crippen LogP contribution in [0.5, 0.6) is 0 Å². The molecular weight excluding hydrogens is 446 g/mol. The van der Waals surface area contributed by atoms with E-state index in [1.807, 2.05) is 38.1 Å². The summed E-state index contributed by atoms with van der Waals surface area (Å²) >= 11 is 0. The number of aromatic amines is 1. The number of hydrogen-bond acceptors (Lipinski definition) is 6. The zero-order chi connectivity index (χ0) is 24.2. The van der Waals surface area contributed by atoms with Crippen LogP contribution in [0, 0.1) is 5.92 Å². The lowest BCUT2D eigenvalue weighted by Crippen LogP contribution is -2.47. The van der Waals surface area contributed by atoms with Gasteiger partial charge < -0.3 is 19.9 Å². The van der Waals surface area contributed by atoms with Crippen LogP contribution in [0.4, 0.5) is 0 Å². The van der Waals surface area contributed by atoms with Gasteiger partial charge in [-0.15, -0.1) is 0 Å². The van der Waals surface area contributed by atoms with Crippen molar-refractivity contribution in [3.05, 3.63) is 36.0 Å². The Morgan fingerprint density at radius 1 is 1.24 bits per heavy atom. The molecule has 0 radical (unpaired) electrons. The number of amides is 2. The minimum atomic E-state index is -3.17. The number of rotatable bonds is 9. The highest BCUT2D eigenvalue weighted by molar-refractivity contribution is 7.91. The van der Waals surface area contributed by atoms with Gasteiger partial charge in [0.2, 0.25) is 5.91 Å². The summed E-state index contributed by atoms with van der Waals surface area (Å²) in [5.74, 6) is -1.44. The summed E-state index contributed by atoms with van der Waals surface area (Å²) < 4.78 is 29.1. The quantitative estimate of drug-likeness (QED) is 0.526. The number of carbonyl (C=O) groups is 3. The zero-order valence-corrected chi connectivity index (χ0v) is 20.0. The first kappa shape index (κ1) is 24.8. The first-order valence-electron chi connectivity index (χ1n) is 11.0. The first-order valence-corrected chi connectivity index (χ1v) is 12.9. The number of nitrogens with one attached hydrogen (secondary N) is 2. The predicted molar refractivity (Wildman–Crippen MR) is 124 cm³/mol. The summed E-state index contributed by atoms with van der Waals surface area (Å²) in [6, 6.07) is 6.24. The third-order valence-electron chi connectivity index (χ3n) is 5.63. The average Bonchev–Trinajstić information content (AvgIpc) is 3.31. The van der Waals surface area contributed by atoms with Gasteiger partial charge in [0, 0.05) is 43.0 Å². The molecule has 1 fully saturated rings. The Hall–Kier alpha value is -2.88. The zero-order valence-electron chi connectivity index (χ0n) is 19.2. The lowest BCUT2D eigenvalue weighted by molar-refractivity contribution is -0.155. The molecule has 0 spiro atoms. The molecule has 180 valence electrons. The van der Waals surface area contributed by atoms with Crippen molar-refractivity contribution < 1.29 is 27.5 Å². The van der Waals surface area contributed by atoms with Crippen molar-refractivity contribution in [2.75, 3.05) is 24.7 Å². The molecule has 9 nitrogen and oxygen atoms in total. The molecule has 2 atom stereocenters. The van der Waals surface area contributed by atoms with Gasteiger partial charge in [0.15, 0.2) is 16.4 Å². The van der Waals surface area contributed by atoms with Crippen molar-refractivity contribution in [3.63, 3.8) is 0 Å². The topological polar surface area (TPSA) is 126 Å². The lowest BCUT2D eigenvalue weighted by atomic mass is 10.0. The highest BCUT2D eigenvalue weighted by atomic mass is 32.2. The minimum absolute atomic E-state index is 0.0502. The molecule has 10 heteroatoms. The van der Waals surface area contributed by atoms with Crippen molar-refractivity contribution >= 4 is 38.5 Å². The van der Waals surface area contributed by atoms with Gasteiger partial charge in [-0.25, -0.2) is 13.2 Å². The van der Waals surface area contributed by atoms with Gasteiger partial charge in [0.25, 0.3) is 5.91 Å². The number of esters is 1. The molecule has 2 unspecified atom stereocenters. The molecule has 1 aliphatic rings. The first-order chi connectivity index (χ1) is 15.6. The van der Waals surface area contributed by atoms with Crippen LogP contribution in [0.1, 0.15) is 32.8 Å². The van der Waals surface area contributed by atoms with E-state index in [1.165, 1.54) is 11.8 Å². The van der Waals surface area contributed by atoms with Gasteiger partial charge in [-0.3, -0.25) is 9.59 Å². The van der Waals surface area contributed by atoms with Gasteiger partial charge in [-0.05, 0) is 24.0 Å². The van der Waals surface area contributed by atoms with Crippen LogP contribution in [-0.2, 0) is 35.4 Å². The molecule has 0 saturated carbocycles. The highest BCUT2D eigenvalue weighted by Gasteiger charge is 2.35. The second kappa shape index (κ2) is 10.4. The molecule has 0 aliphatic carbocycles. The smallest absolute Gasteiger partial charge is 0.329 e. The Kier molecular flexibility index (Phi) is 7.78. The third-order valence-corrected chi connectivity index (χ3v) is 7.38. The Bertz CT molecular complexity index is 1120. The molecule has 1 aromatic heterocycles. The largest absolute Gasteiger partial charge is 0.454 e. The van der Waals surface area contributed by atoms with Gasteiger partial charge in [-0.2, -0.15) is 0 Å². The van der Waals surface area contributed by atoms with Crippen LogP contribution in [0.15, 0.2) is 30.5 Å². The van der Waals surface area contributed by atoms with E-state index in [0.29, 0.717) is 13.0 Å². The average molecular weight is 478 g/mol. The van der Waals surface area contributed by atoms with Crippen molar-refractivity contribution in [3.8, 4) is 0 Å². The van der Waals surface area contributed by atoms with Crippen molar-refractivity contribution in [1.29, 1.82) is 0 Å². The monoisotopic (exact) mass is 477 g/mol. The molecule has 1 aliphatic heterocycles. The standard InChI is InChI=1S/C23H31N3O6S/c1-15(2)12-26(18-8-9-33(30,31)14-18)22(28)13-32-23(29)21(25-16(3)27)10-17-11-24-20-7-5-4-6-19(17)20/h4-7,11,15,18,21,24H,8-10,12-14H2,1-3H3,(H,25,27). The summed E-state index contributed by atoms with van der Waals surface area (Å²) in [7, 11) is -3.17. The number of benzene rings is 1. The summed E-state index contributed by atoms with van der Waals surface area (Å²) in [6.07, 6.45) is 2.36. The van der Waals surface area contributed by atoms with Gasteiger partial charge in [0.1, 0.15) is 6.04 Å². The van der Waals surface area contributed by atoms with E-state index >= 15 is 0 Å². The number of para-hydroxylation sites is 1. The Morgan fingerprint density at radius 3 is 2.61 bits per heavy atom. The van der Waals surface area contributed by atoms with Crippen LogP contribution < -0.4 is 5.32 Å². The van der Waals surface area contributed by atoms with Gasteiger partial charge in [0.05, 0.1) is 11.5 Å². The third kappa shape index (κ3) is 6.56. The predicted octanol–water partition coefficient (Wildman–Crippen LogP) is 1.43. The molecule has 2 aromatic rings. The van der Waals surface area contributed by atoms with Crippen LogP contribution in [0.25, 0.3) is 10.9 Å². The van der Waals surface area contributed by atoms with E-state index < -0.39 is 40.4 Å². The maximum Gasteiger partial charge on any atom is 0.329 e. The van der Waals surface area contributed by atoms with Crippen molar-refractivity contribution in [2.24, 2.45) is 5.92 Å². The highest BCUT2D eigenvalue weighted by Crippen LogP contribution is 2.21. The molecular formula is C23H31N3O6S. The fraction of sp³-hybridized carbons (Fsp3) is 0.522. The summed E-state index contributed by atoms with van der Waals surface area (Å²) in [5, 5.41) is 3.53. The fourth-order valence-electron chi connectivity index (χ4n) is 4.14. The van der Waals surface area contributed by atoms with Gasteiger partial charge in [-0.1, -0.05) is 32.0 Å². The lowest BCUT2D eigenvalue weighted by Gasteiger charge is -2.30. The Morgan fingerprint density at radius 2 is 1.97 bits per heavy atom. The van der Waals surface area contributed by atoms with Crippen LogP contribution in [0.2, 0.25) is 0 Å². The minimum Gasteiger partial charge on any atom is -0.454 e. The van der Waals surface area contributed by atoms with E-state index in [4.69, 9.17) is 4.74 Å². The summed E-state index contributed by atoms with van der Waals surface area (Å²) in [5.41, 5.74) is 1.75. The van der Waals surface area contributed by atoms with Crippen molar-refractivity contribution in [1.82, 2.24) is 15.2 Å². The maximum absolute atomic E-state index is 12.9. The maximum atomic E-state index is 12.9. The number of nitrogens with zero attached hydrogens (tertiary/aromatic N) is 1. The second-order valence-corrected chi connectivity index (χ2v) is 11.1. The van der Waals surface area contributed by atoms with Crippen LogP contribution >= 0.6 is 0 Å². The SMILES string of the molecule is CC(=O)NC(Cc1c[nH]c2ccccc12)C(=O)OCC(=O)N(CC(C)C)C1CCS(=O)(=O)C1. The normalized spacial score (nSPS) is 18.2. The van der Waals surface area contributed by atoms with E-state index in [9.17, 15) is 22.8 Å². The van der Waals surface area contributed by atoms with E-state index in [1.54, 1.807) is 6.20 Å². The van der Waals surface area contributed by atoms with Gasteiger partial charge >= 0.3 is 5.97 Å². The molecule has 1 saturated heterocycles. The molecule has 0 bridgehead atoms. The Labute approximate surface area is 193 Å². The number of fused-ring (bicyclic) bond motifs is 1.